The quantitative estimate of drug-likeness (QED) is 0.187. The zero-order chi connectivity index (χ0) is 34.6. The molecule has 5 nitrogen and oxygen atoms in total. The van der Waals surface area contributed by atoms with Gasteiger partial charge < -0.3 is 8.98 Å². The summed E-state index contributed by atoms with van der Waals surface area (Å²) in [6.45, 7) is 0. The molecule has 53 heavy (non-hydrogen) atoms. The van der Waals surface area contributed by atoms with Gasteiger partial charge in [-0.2, -0.15) is 0 Å². The molecule has 0 aliphatic heterocycles. The summed E-state index contributed by atoms with van der Waals surface area (Å²) in [5.41, 5.74) is 9.57. The number of nitrogens with zero attached hydrogens (tertiary/aromatic N) is 4. The maximum Gasteiger partial charge on any atom is 0.236 e. The minimum atomic E-state index is 0.609. The molecular formula is C48H28N4O. The van der Waals surface area contributed by atoms with Gasteiger partial charge in [0.2, 0.25) is 5.95 Å². The van der Waals surface area contributed by atoms with E-state index in [4.69, 9.17) is 14.4 Å². The van der Waals surface area contributed by atoms with Crippen molar-refractivity contribution in [2.75, 3.05) is 0 Å². The number of furan rings is 1. The first-order valence-corrected chi connectivity index (χ1v) is 17.9. The Morgan fingerprint density at radius 3 is 1.96 bits per heavy atom. The Bertz CT molecular complexity index is 3460. The van der Waals surface area contributed by atoms with Gasteiger partial charge in [-0.1, -0.05) is 115 Å². The summed E-state index contributed by atoms with van der Waals surface area (Å²) < 4.78 is 11.3. The van der Waals surface area contributed by atoms with Gasteiger partial charge in [0.15, 0.2) is 5.58 Å². The number of fused-ring (bicyclic) bond motifs is 12. The van der Waals surface area contributed by atoms with Gasteiger partial charge in [0.1, 0.15) is 16.8 Å². The predicted molar refractivity (Wildman–Crippen MR) is 218 cm³/mol. The Kier molecular flexibility index (Phi) is 5.71. The lowest BCUT2D eigenvalue weighted by molar-refractivity contribution is 0.666. The van der Waals surface area contributed by atoms with Crippen molar-refractivity contribution in [1.82, 2.24) is 19.1 Å². The van der Waals surface area contributed by atoms with Crippen LogP contribution in [0.5, 0.6) is 0 Å². The summed E-state index contributed by atoms with van der Waals surface area (Å²) in [7, 11) is 0. The van der Waals surface area contributed by atoms with E-state index in [0.717, 1.165) is 66.3 Å². The van der Waals surface area contributed by atoms with Crippen molar-refractivity contribution in [3.63, 3.8) is 0 Å². The first-order valence-electron chi connectivity index (χ1n) is 17.9. The number of benzene rings is 8. The monoisotopic (exact) mass is 676 g/mol. The highest BCUT2D eigenvalue weighted by atomic mass is 16.3. The van der Waals surface area contributed by atoms with Crippen LogP contribution < -0.4 is 0 Å². The second-order valence-electron chi connectivity index (χ2n) is 13.8. The van der Waals surface area contributed by atoms with Crippen LogP contribution in [0.4, 0.5) is 0 Å². The van der Waals surface area contributed by atoms with Crippen LogP contribution in [0.15, 0.2) is 174 Å². The molecule has 5 heteroatoms. The summed E-state index contributed by atoms with van der Waals surface area (Å²) in [4.78, 5) is 10.9. The van der Waals surface area contributed by atoms with Crippen LogP contribution in [0.2, 0.25) is 0 Å². The standard InChI is InChI=1S/C48H28N4O/c1-2-15-33(16-3-1)51-40-20-10-8-18-35(40)38-27-32(23-25-41(38)51)44-47-45(37-19-9-11-21-43(37)53-47)50-48(49-44)52-42-28-31-14-5-4-13-30(31)26-39(42)36-24-22-29-12-6-7-17-34(29)46(36)52/h1-28H. The van der Waals surface area contributed by atoms with Crippen LogP contribution in [0.3, 0.4) is 0 Å². The van der Waals surface area contributed by atoms with Crippen molar-refractivity contribution in [2.24, 2.45) is 0 Å². The smallest absolute Gasteiger partial charge is 0.236 e. The summed E-state index contributed by atoms with van der Waals surface area (Å²) in [5, 5.41) is 10.3. The van der Waals surface area contributed by atoms with Crippen LogP contribution in [-0.4, -0.2) is 19.1 Å². The first kappa shape index (κ1) is 28.5. The molecule has 0 amide bonds. The molecule has 0 aliphatic carbocycles. The predicted octanol–water partition coefficient (Wildman–Crippen LogP) is 12.5. The van der Waals surface area contributed by atoms with E-state index in [1.165, 1.54) is 32.3 Å². The number of rotatable bonds is 3. The average Bonchev–Trinajstić information content (AvgIpc) is 3.87. The van der Waals surface area contributed by atoms with Crippen molar-refractivity contribution in [3.05, 3.63) is 170 Å². The van der Waals surface area contributed by atoms with E-state index >= 15 is 0 Å². The van der Waals surface area contributed by atoms with Crippen LogP contribution in [-0.2, 0) is 0 Å². The molecule has 0 aliphatic rings. The SMILES string of the molecule is c1ccc(-n2c3ccccc3c3cc(-c4nc(-n5c6cc7ccccc7cc6c6ccc7ccccc7c65)nc5c4oc4ccccc45)ccc32)cc1. The van der Waals surface area contributed by atoms with Crippen molar-refractivity contribution >= 4 is 87.2 Å². The summed E-state index contributed by atoms with van der Waals surface area (Å²) in [6, 6.07) is 60.2. The fraction of sp³-hybridized carbons (Fsp3) is 0. The Morgan fingerprint density at radius 2 is 1.09 bits per heavy atom. The van der Waals surface area contributed by atoms with E-state index < -0.39 is 0 Å². The fourth-order valence-electron chi connectivity index (χ4n) is 8.52. The molecule has 0 radical (unpaired) electrons. The van der Waals surface area contributed by atoms with Crippen molar-refractivity contribution < 1.29 is 4.42 Å². The molecule has 0 bridgehead atoms. The van der Waals surface area contributed by atoms with Crippen molar-refractivity contribution in [3.8, 4) is 22.9 Å². The van der Waals surface area contributed by atoms with Gasteiger partial charge >= 0.3 is 0 Å². The lowest BCUT2D eigenvalue weighted by Crippen LogP contribution is -2.03. The lowest BCUT2D eigenvalue weighted by atomic mass is 10.0. The maximum absolute atomic E-state index is 6.65. The topological polar surface area (TPSA) is 48.8 Å². The number of hydrogen-bond acceptors (Lipinski definition) is 3. The maximum atomic E-state index is 6.65. The molecule has 0 spiro atoms. The Balaban J connectivity index is 1.21. The molecule has 0 atom stereocenters. The van der Waals surface area contributed by atoms with Gasteiger partial charge in [0.25, 0.3) is 0 Å². The molecule has 0 N–H and O–H groups in total. The fourth-order valence-corrected chi connectivity index (χ4v) is 8.52. The van der Waals surface area contributed by atoms with Crippen LogP contribution in [0.1, 0.15) is 0 Å². The Labute approximate surface area is 302 Å². The Morgan fingerprint density at radius 1 is 0.415 bits per heavy atom. The highest BCUT2D eigenvalue weighted by Gasteiger charge is 2.23. The van der Waals surface area contributed by atoms with E-state index in [1.54, 1.807) is 0 Å². The van der Waals surface area contributed by atoms with Crippen LogP contribution in [0.25, 0.3) is 110 Å². The summed E-state index contributed by atoms with van der Waals surface area (Å²) in [5.74, 6) is 0.609. The summed E-state index contributed by atoms with van der Waals surface area (Å²) >= 11 is 0. The van der Waals surface area contributed by atoms with E-state index in [-0.39, 0.29) is 0 Å². The van der Waals surface area contributed by atoms with Crippen molar-refractivity contribution in [1.29, 1.82) is 0 Å². The first-order chi connectivity index (χ1) is 26.3. The molecule has 12 rings (SSSR count). The van der Waals surface area contributed by atoms with E-state index in [2.05, 4.69) is 161 Å². The van der Waals surface area contributed by atoms with E-state index in [1.807, 2.05) is 18.2 Å². The third-order valence-corrected chi connectivity index (χ3v) is 10.9. The van der Waals surface area contributed by atoms with E-state index in [9.17, 15) is 0 Å². The lowest BCUT2D eigenvalue weighted by Gasteiger charge is -2.11. The van der Waals surface area contributed by atoms with Crippen LogP contribution in [0, 0.1) is 0 Å². The average molecular weight is 677 g/mol. The molecular weight excluding hydrogens is 649 g/mol. The van der Waals surface area contributed by atoms with Crippen LogP contribution >= 0.6 is 0 Å². The van der Waals surface area contributed by atoms with Gasteiger partial charge in [0.05, 0.1) is 22.1 Å². The molecule has 0 saturated heterocycles. The largest absolute Gasteiger partial charge is 0.452 e. The molecule has 8 aromatic carbocycles. The molecule has 246 valence electrons. The van der Waals surface area contributed by atoms with Gasteiger partial charge in [-0.3, -0.25) is 4.57 Å². The third-order valence-electron chi connectivity index (χ3n) is 10.9. The van der Waals surface area contributed by atoms with Gasteiger partial charge in [-0.05, 0) is 70.8 Å². The van der Waals surface area contributed by atoms with Gasteiger partial charge in [0, 0.05) is 43.6 Å². The normalized spacial score (nSPS) is 12.2. The van der Waals surface area contributed by atoms with Gasteiger partial charge in [-0.25, -0.2) is 9.97 Å². The molecule has 0 saturated carbocycles. The van der Waals surface area contributed by atoms with Gasteiger partial charge in [-0.15, -0.1) is 0 Å². The minimum Gasteiger partial charge on any atom is -0.452 e. The zero-order valence-corrected chi connectivity index (χ0v) is 28.4. The number of aromatic nitrogens is 4. The Hall–Kier alpha value is -7.24. The highest BCUT2D eigenvalue weighted by molar-refractivity contribution is 6.21. The minimum absolute atomic E-state index is 0.609. The molecule has 4 heterocycles. The molecule has 0 fully saturated rings. The number of hydrogen-bond donors (Lipinski definition) is 0. The third kappa shape index (κ3) is 4.02. The summed E-state index contributed by atoms with van der Waals surface area (Å²) in [6.07, 6.45) is 0. The van der Waals surface area contributed by atoms with Crippen molar-refractivity contribution in [2.45, 2.75) is 0 Å². The number of para-hydroxylation sites is 3. The van der Waals surface area contributed by atoms with E-state index in [0.29, 0.717) is 11.5 Å². The molecule has 12 aromatic rings. The molecule has 0 unspecified atom stereocenters. The highest BCUT2D eigenvalue weighted by Crippen LogP contribution is 2.41. The zero-order valence-electron chi connectivity index (χ0n) is 28.4. The molecule has 4 aromatic heterocycles. The second-order valence-corrected chi connectivity index (χ2v) is 13.8. The second kappa shape index (κ2) is 10.6.